The molecule has 1 aliphatic rings. The number of hydrogen-bond donors (Lipinski definition) is 4. The van der Waals surface area contributed by atoms with Gasteiger partial charge in [0.25, 0.3) is 0 Å². The average Bonchev–Trinajstić information content (AvgIpc) is 2.09. The molecule has 0 bridgehead atoms. The Morgan fingerprint density at radius 3 is 1.33 bits per heavy atom. The molecule has 72 valence electrons. The van der Waals surface area contributed by atoms with E-state index in [4.69, 9.17) is 0 Å². The minimum absolute atomic E-state index is 1.08. The molecule has 0 spiro atoms. The van der Waals surface area contributed by atoms with Crippen molar-refractivity contribution in [1.82, 2.24) is 0 Å². The maximum Gasteiger partial charge on any atom is 0.127 e. The van der Waals surface area contributed by atoms with Crippen molar-refractivity contribution in [2.24, 2.45) is 0 Å². The van der Waals surface area contributed by atoms with E-state index in [1.54, 1.807) is 9.80 Å². The van der Waals surface area contributed by atoms with Crippen LogP contribution in [0.4, 0.5) is 0 Å². The third-order valence-electron chi connectivity index (χ3n) is 2.72. The summed E-state index contributed by atoms with van der Waals surface area (Å²) < 4.78 is 0. The van der Waals surface area contributed by atoms with Gasteiger partial charge in [0, 0.05) is 0 Å². The number of nitrogens with one attached hydrogen (secondary N) is 2. The summed E-state index contributed by atoms with van der Waals surface area (Å²) in [5, 5.41) is 0. The Kier molecular flexibility index (Phi) is 4.53. The molecule has 4 heteroatoms. The van der Waals surface area contributed by atoms with Gasteiger partial charge in [0.15, 0.2) is 0 Å². The summed E-state index contributed by atoms with van der Waals surface area (Å²) in [6.07, 6.45) is 0. The maximum absolute atomic E-state index is 3.90. The zero-order valence-corrected chi connectivity index (χ0v) is 8.07. The second kappa shape index (κ2) is 5.48. The largest absolute Gasteiger partial charge is 0.353 e. The van der Waals surface area contributed by atoms with Crippen LogP contribution in [0.3, 0.4) is 0 Å². The molecule has 1 rings (SSSR count). The molecule has 1 fully saturated rings. The second-order valence-corrected chi connectivity index (χ2v) is 3.71. The Labute approximate surface area is 74.5 Å². The summed E-state index contributed by atoms with van der Waals surface area (Å²) in [6.45, 7) is 10.0. The van der Waals surface area contributed by atoms with Gasteiger partial charge in [0.05, 0.1) is 0 Å². The van der Waals surface area contributed by atoms with E-state index in [0.717, 1.165) is 13.1 Å². The van der Waals surface area contributed by atoms with Crippen LogP contribution in [0.5, 0.6) is 0 Å². The monoisotopic (exact) mass is 176 g/mol. The molecule has 8 N–H and O–H groups in total. The fraction of sp³-hybridized carbons (Fsp3) is 1.00. The highest BCUT2D eigenvalue weighted by molar-refractivity contribution is 4.38. The van der Waals surface area contributed by atoms with Gasteiger partial charge < -0.3 is 21.3 Å². The van der Waals surface area contributed by atoms with Gasteiger partial charge in [0.1, 0.15) is 52.4 Å². The Morgan fingerprint density at radius 1 is 0.750 bits per heavy atom. The van der Waals surface area contributed by atoms with Crippen LogP contribution in [-0.2, 0) is 0 Å². The molecule has 0 saturated carbocycles. The third kappa shape index (κ3) is 3.06. The van der Waals surface area contributed by atoms with Gasteiger partial charge >= 0.3 is 0 Å². The first-order chi connectivity index (χ1) is 5.86. The molecule has 0 aromatic carbocycles. The van der Waals surface area contributed by atoms with Crippen molar-refractivity contribution in [3.05, 3.63) is 0 Å². The quantitative estimate of drug-likeness (QED) is 0.330. The molecule has 12 heavy (non-hydrogen) atoms. The van der Waals surface area contributed by atoms with Gasteiger partial charge in [-0.25, -0.2) is 0 Å². The molecule has 4 nitrogen and oxygen atoms in total. The van der Waals surface area contributed by atoms with Crippen molar-refractivity contribution in [1.29, 1.82) is 0 Å². The average molecular weight is 176 g/mol. The van der Waals surface area contributed by atoms with Crippen LogP contribution in [0.15, 0.2) is 0 Å². The molecule has 0 aromatic heterocycles. The van der Waals surface area contributed by atoms with Crippen LogP contribution < -0.4 is 21.3 Å². The van der Waals surface area contributed by atoms with Gasteiger partial charge in [-0.15, -0.1) is 0 Å². The topological polar surface area (TPSA) is 64.2 Å². The van der Waals surface area contributed by atoms with Crippen molar-refractivity contribution >= 4 is 0 Å². The van der Waals surface area contributed by atoms with Crippen LogP contribution in [0.25, 0.3) is 0 Å². The van der Waals surface area contributed by atoms with Gasteiger partial charge in [-0.1, -0.05) is 0 Å². The lowest BCUT2D eigenvalue weighted by Gasteiger charge is -2.28. The van der Waals surface area contributed by atoms with Crippen molar-refractivity contribution < 1.29 is 21.3 Å². The molecular weight excluding hydrogens is 152 g/mol. The maximum atomic E-state index is 3.90. The standard InChI is InChI=1S/C8H20N4/c9-1-3-11-5-7-12(4-2-10)8-6-11/h1-10H2/p+4. The fourth-order valence-electron chi connectivity index (χ4n) is 1.96. The van der Waals surface area contributed by atoms with E-state index in [9.17, 15) is 0 Å². The fourth-order valence-corrected chi connectivity index (χ4v) is 1.96. The third-order valence-corrected chi connectivity index (χ3v) is 2.72. The zero-order chi connectivity index (χ0) is 8.81. The van der Waals surface area contributed by atoms with Gasteiger partial charge in [-0.3, -0.25) is 0 Å². The van der Waals surface area contributed by atoms with Gasteiger partial charge in [0.2, 0.25) is 0 Å². The molecular formula is C8H24N4+4. The van der Waals surface area contributed by atoms with Crippen molar-refractivity contribution in [2.45, 2.75) is 0 Å². The highest BCUT2D eigenvalue weighted by Gasteiger charge is 2.21. The van der Waals surface area contributed by atoms with Crippen LogP contribution in [0.1, 0.15) is 0 Å². The number of quaternary nitrogens is 4. The predicted molar refractivity (Wildman–Crippen MR) is 46.6 cm³/mol. The normalized spacial score (nSPS) is 30.5. The molecule has 0 radical (unpaired) electrons. The van der Waals surface area contributed by atoms with E-state index < -0.39 is 0 Å². The van der Waals surface area contributed by atoms with E-state index >= 15 is 0 Å². The first kappa shape index (κ1) is 9.92. The summed E-state index contributed by atoms with van der Waals surface area (Å²) in [5.74, 6) is 0. The minimum atomic E-state index is 1.08. The van der Waals surface area contributed by atoms with Crippen LogP contribution >= 0.6 is 0 Å². The SMILES string of the molecule is [NH3+]CC[NH+]1CC[NH+](CC[NH3+])CC1. The van der Waals surface area contributed by atoms with E-state index in [1.165, 1.54) is 39.3 Å². The Hall–Kier alpha value is -0.160. The van der Waals surface area contributed by atoms with Crippen molar-refractivity contribution in [3.8, 4) is 0 Å². The molecule has 1 heterocycles. The van der Waals surface area contributed by atoms with Crippen LogP contribution in [0, 0.1) is 0 Å². The molecule has 0 unspecified atom stereocenters. The van der Waals surface area contributed by atoms with Gasteiger partial charge in [-0.2, -0.15) is 0 Å². The highest BCUT2D eigenvalue weighted by Crippen LogP contribution is 1.57. The van der Waals surface area contributed by atoms with E-state index in [0.29, 0.717) is 0 Å². The van der Waals surface area contributed by atoms with E-state index in [2.05, 4.69) is 11.5 Å². The number of hydrogen-bond acceptors (Lipinski definition) is 0. The first-order valence-electron chi connectivity index (χ1n) is 5.12. The van der Waals surface area contributed by atoms with Crippen molar-refractivity contribution in [2.75, 3.05) is 52.4 Å². The molecule has 0 amide bonds. The van der Waals surface area contributed by atoms with Crippen molar-refractivity contribution in [3.63, 3.8) is 0 Å². The lowest BCUT2D eigenvalue weighted by atomic mass is 10.3. The Bertz CT molecular complexity index is 95.6. The summed E-state index contributed by atoms with van der Waals surface area (Å²) in [7, 11) is 0. The number of piperazine rings is 1. The second-order valence-electron chi connectivity index (χ2n) is 3.71. The van der Waals surface area contributed by atoms with Crippen LogP contribution in [-0.4, -0.2) is 52.4 Å². The molecule has 0 atom stereocenters. The number of rotatable bonds is 4. The van der Waals surface area contributed by atoms with E-state index in [1.807, 2.05) is 0 Å². The predicted octanol–water partition coefficient (Wildman–Crippen LogP) is -5.75. The Balaban J connectivity index is 2.11. The smallest absolute Gasteiger partial charge is 0.127 e. The first-order valence-corrected chi connectivity index (χ1v) is 5.12. The minimum Gasteiger partial charge on any atom is -0.353 e. The summed E-state index contributed by atoms with van der Waals surface area (Å²) in [4.78, 5) is 3.50. The summed E-state index contributed by atoms with van der Waals surface area (Å²) in [6, 6.07) is 0. The lowest BCUT2D eigenvalue weighted by molar-refractivity contribution is -1.01. The lowest BCUT2D eigenvalue weighted by Crippen LogP contribution is -3.29. The molecule has 1 saturated heterocycles. The van der Waals surface area contributed by atoms with Crippen LogP contribution in [0.2, 0.25) is 0 Å². The summed E-state index contributed by atoms with van der Waals surface area (Å²) >= 11 is 0. The van der Waals surface area contributed by atoms with E-state index in [-0.39, 0.29) is 0 Å². The highest BCUT2D eigenvalue weighted by atomic mass is 15.3. The molecule has 0 aromatic rings. The Morgan fingerprint density at radius 2 is 1.08 bits per heavy atom. The molecule has 1 aliphatic heterocycles. The van der Waals surface area contributed by atoms with Gasteiger partial charge in [-0.05, 0) is 0 Å². The summed E-state index contributed by atoms with van der Waals surface area (Å²) in [5.41, 5.74) is 7.80. The zero-order valence-electron chi connectivity index (χ0n) is 8.07. The molecule has 0 aliphatic carbocycles.